The maximum absolute atomic E-state index is 13.1. The fraction of sp³-hybridized carbons (Fsp3) is 0.350. The standard InChI is InChI=1S/C20H23FN2O.ClH/c21-17-9-7-16(8-10-17)20(12-3-13-20)14-23-19(24)11-6-15-4-1-2-5-18(15)22;/h1-2,4-5,7-10H,3,6,11-14,22H2,(H,23,24);1H. The zero-order chi connectivity index (χ0) is 17.0. The summed E-state index contributed by atoms with van der Waals surface area (Å²) >= 11 is 0. The molecule has 2 aromatic rings. The van der Waals surface area contributed by atoms with Crippen molar-refractivity contribution in [3.05, 3.63) is 65.5 Å². The van der Waals surface area contributed by atoms with Crippen LogP contribution in [0.5, 0.6) is 0 Å². The van der Waals surface area contributed by atoms with Crippen molar-refractivity contribution >= 4 is 24.0 Å². The van der Waals surface area contributed by atoms with Crippen LogP contribution in [0.2, 0.25) is 0 Å². The van der Waals surface area contributed by atoms with Gasteiger partial charge in [-0.1, -0.05) is 36.8 Å². The fourth-order valence-corrected chi connectivity index (χ4v) is 3.34. The molecule has 0 radical (unpaired) electrons. The summed E-state index contributed by atoms with van der Waals surface area (Å²) in [6.07, 6.45) is 4.28. The van der Waals surface area contributed by atoms with Gasteiger partial charge in [0.15, 0.2) is 0 Å². The summed E-state index contributed by atoms with van der Waals surface area (Å²) in [7, 11) is 0. The van der Waals surface area contributed by atoms with Crippen molar-refractivity contribution in [2.45, 2.75) is 37.5 Å². The molecular formula is C20H24ClFN2O. The van der Waals surface area contributed by atoms with Gasteiger partial charge >= 0.3 is 0 Å². The van der Waals surface area contributed by atoms with Gasteiger partial charge in [-0.25, -0.2) is 4.39 Å². The maximum Gasteiger partial charge on any atom is 0.220 e. The first-order chi connectivity index (χ1) is 11.6. The Hall–Kier alpha value is -2.07. The smallest absolute Gasteiger partial charge is 0.220 e. The van der Waals surface area contributed by atoms with Crippen LogP contribution in [-0.2, 0) is 16.6 Å². The average Bonchev–Trinajstić information content (AvgIpc) is 2.54. The van der Waals surface area contributed by atoms with Gasteiger partial charge in [0.1, 0.15) is 5.82 Å². The number of carbonyl (C=O) groups is 1. The number of aryl methyl sites for hydroxylation is 1. The number of amides is 1. The molecular weight excluding hydrogens is 339 g/mol. The molecule has 3 rings (SSSR count). The Balaban J connectivity index is 0.00000225. The summed E-state index contributed by atoms with van der Waals surface area (Å²) in [4.78, 5) is 12.2. The minimum absolute atomic E-state index is 0. The first-order valence-corrected chi connectivity index (χ1v) is 8.45. The SMILES string of the molecule is Cl.Nc1ccccc1CCC(=O)NCC1(c2ccc(F)cc2)CCC1. The average molecular weight is 363 g/mol. The number of rotatable bonds is 6. The third-order valence-electron chi connectivity index (χ3n) is 5.07. The first-order valence-electron chi connectivity index (χ1n) is 8.45. The molecule has 5 heteroatoms. The molecule has 134 valence electrons. The second kappa shape index (κ2) is 8.34. The van der Waals surface area contributed by atoms with Crippen LogP contribution in [0, 0.1) is 5.82 Å². The van der Waals surface area contributed by atoms with E-state index in [1.165, 1.54) is 12.1 Å². The van der Waals surface area contributed by atoms with Gasteiger partial charge in [0.05, 0.1) is 0 Å². The molecule has 0 spiro atoms. The number of hydrogen-bond donors (Lipinski definition) is 2. The number of carbonyl (C=O) groups excluding carboxylic acids is 1. The van der Waals surface area contributed by atoms with Crippen LogP contribution in [0.15, 0.2) is 48.5 Å². The van der Waals surface area contributed by atoms with Crippen molar-refractivity contribution in [1.29, 1.82) is 0 Å². The van der Waals surface area contributed by atoms with E-state index in [9.17, 15) is 9.18 Å². The maximum atomic E-state index is 13.1. The Bertz CT molecular complexity index is 714. The minimum Gasteiger partial charge on any atom is -0.399 e. The van der Waals surface area contributed by atoms with E-state index in [-0.39, 0.29) is 29.5 Å². The number of hydrogen-bond acceptors (Lipinski definition) is 2. The van der Waals surface area contributed by atoms with Gasteiger partial charge in [-0.15, -0.1) is 12.4 Å². The van der Waals surface area contributed by atoms with Crippen LogP contribution in [0.3, 0.4) is 0 Å². The molecule has 2 aromatic carbocycles. The highest BCUT2D eigenvalue weighted by molar-refractivity contribution is 5.85. The Morgan fingerprint density at radius 3 is 2.40 bits per heavy atom. The predicted octanol–water partition coefficient (Wildman–Crippen LogP) is 4.00. The number of benzene rings is 2. The highest BCUT2D eigenvalue weighted by atomic mass is 35.5. The number of nitrogens with two attached hydrogens (primary N) is 1. The van der Waals surface area contributed by atoms with E-state index < -0.39 is 0 Å². The van der Waals surface area contributed by atoms with Crippen LogP contribution in [-0.4, -0.2) is 12.5 Å². The minimum atomic E-state index is -0.224. The monoisotopic (exact) mass is 362 g/mol. The third-order valence-corrected chi connectivity index (χ3v) is 5.07. The van der Waals surface area contributed by atoms with Crippen molar-refractivity contribution < 1.29 is 9.18 Å². The number of para-hydroxylation sites is 1. The Labute approximate surface area is 154 Å². The van der Waals surface area contributed by atoms with E-state index in [1.807, 2.05) is 36.4 Å². The molecule has 3 nitrogen and oxygen atoms in total. The number of halogens is 2. The van der Waals surface area contributed by atoms with Gasteiger partial charge in [0.25, 0.3) is 0 Å². The van der Waals surface area contributed by atoms with Crippen LogP contribution >= 0.6 is 12.4 Å². The van der Waals surface area contributed by atoms with Crippen molar-refractivity contribution in [3.8, 4) is 0 Å². The van der Waals surface area contributed by atoms with E-state index >= 15 is 0 Å². The normalized spacial score (nSPS) is 14.9. The van der Waals surface area contributed by atoms with Crippen LogP contribution in [0.25, 0.3) is 0 Å². The van der Waals surface area contributed by atoms with Gasteiger partial charge in [0.2, 0.25) is 5.91 Å². The lowest BCUT2D eigenvalue weighted by atomic mass is 9.64. The van der Waals surface area contributed by atoms with E-state index in [0.29, 0.717) is 19.4 Å². The van der Waals surface area contributed by atoms with E-state index in [2.05, 4.69) is 5.32 Å². The van der Waals surface area contributed by atoms with Crippen LogP contribution in [0.4, 0.5) is 10.1 Å². The Kier molecular flexibility index (Phi) is 6.43. The van der Waals surface area contributed by atoms with Crippen molar-refractivity contribution in [3.63, 3.8) is 0 Å². The zero-order valence-corrected chi connectivity index (χ0v) is 14.9. The summed E-state index contributed by atoms with van der Waals surface area (Å²) in [5.74, 6) is -0.190. The summed E-state index contributed by atoms with van der Waals surface area (Å²) in [6.45, 7) is 0.613. The quantitative estimate of drug-likeness (QED) is 0.763. The summed E-state index contributed by atoms with van der Waals surface area (Å²) in [6, 6.07) is 14.3. The Morgan fingerprint density at radius 1 is 1.12 bits per heavy atom. The second-order valence-electron chi connectivity index (χ2n) is 6.62. The lowest BCUT2D eigenvalue weighted by molar-refractivity contribution is -0.121. The molecule has 0 unspecified atom stereocenters. The number of nitrogen functional groups attached to an aromatic ring is 1. The van der Waals surface area contributed by atoms with E-state index in [4.69, 9.17) is 5.73 Å². The van der Waals surface area contributed by atoms with Crippen LogP contribution in [0.1, 0.15) is 36.8 Å². The molecule has 1 aliphatic carbocycles. The molecule has 0 saturated heterocycles. The molecule has 1 amide bonds. The first kappa shape index (κ1) is 19.3. The van der Waals surface area contributed by atoms with Crippen molar-refractivity contribution in [2.24, 2.45) is 0 Å². The molecule has 0 aliphatic heterocycles. The van der Waals surface area contributed by atoms with Crippen molar-refractivity contribution in [1.82, 2.24) is 5.32 Å². The lowest BCUT2D eigenvalue weighted by Crippen LogP contribution is -2.45. The summed E-state index contributed by atoms with van der Waals surface area (Å²) < 4.78 is 13.1. The third kappa shape index (κ3) is 4.51. The van der Waals surface area contributed by atoms with Gasteiger partial charge in [-0.2, -0.15) is 0 Å². The van der Waals surface area contributed by atoms with Gasteiger partial charge in [0, 0.05) is 24.1 Å². The molecule has 3 N–H and O–H groups in total. The Morgan fingerprint density at radius 2 is 1.80 bits per heavy atom. The number of anilines is 1. The van der Waals surface area contributed by atoms with Gasteiger partial charge in [-0.05, 0) is 48.6 Å². The number of nitrogens with one attached hydrogen (secondary N) is 1. The van der Waals surface area contributed by atoms with Crippen molar-refractivity contribution in [2.75, 3.05) is 12.3 Å². The van der Waals surface area contributed by atoms with E-state index in [0.717, 1.165) is 36.1 Å². The largest absolute Gasteiger partial charge is 0.399 e. The molecule has 0 aromatic heterocycles. The van der Waals surface area contributed by atoms with Gasteiger partial charge in [-0.3, -0.25) is 4.79 Å². The summed E-state index contributed by atoms with van der Waals surface area (Å²) in [5.41, 5.74) is 8.72. The highest BCUT2D eigenvalue weighted by Gasteiger charge is 2.38. The predicted molar refractivity (Wildman–Crippen MR) is 101 cm³/mol. The van der Waals surface area contributed by atoms with E-state index in [1.54, 1.807) is 0 Å². The van der Waals surface area contributed by atoms with Gasteiger partial charge < -0.3 is 11.1 Å². The van der Waals surface area contributed by atoms with Crippen LogP contribution < -0.4 is 11.1 Å². The molecule has 1 aliphatic rings. The fourth-order valence-electron chi connectivity index (χ4n) is 3.34. The molecule has 0 atom stereocenters. The zero-order valence-electron chi connectivity index (χ0n) is 14.1. The summed E-state index contributed by atoms with van der Waals surface area (Å²) in [5, 5.41) is 3.05. The second-order valence-corrected chi connectivity index (χ2v) is 6.62. The molecule has 0 bridgehead atoms. The highest BCUT2D eigenvalue weighted by Crippen LogP contribution is 2.43. The molecule has 25 heavy (non-hydrogen) atoms. The molecule has 0 heterocycles. The lowest BCUT2D eigenvalue weighted by Gasteiger charge is -2.42. The topological polar surface area (TPSA) is 55.1 Å². The molecule has 1 saturated carbocycles. The molecule has 1 fully saturated rings.